The lowest BCUT2D eigenvalue weighted by Crippen LogP contribution is -2.24. The third-order valence-electron chi connectivity index (χ3n) is 3.44. The average molecular weight is 245 g/mol. The smallest absolute Gasteiger partial charge is 0.123 e. The molecular formula is C16H23NO. The highest BCUT2D eigenvalue weighted by atomic mass is 16.5. The zero-order chi connectivity index (χ0) is 12.8. The molecule has 1 atom stereocenters. The highest BCUT2D eigenvalue weighted by molar-refractivity contribution is 5.34. The van der Waals surface area contributed by atoms with E-state index in [2.05, 4.69) is 30.1 Å². The molecule has 0 heterocycles. The van der Waals surface area contributed by atoms with E-state index < -0.39 is 0 Å². The van der Waals surface area contributed by atoms with E-state index in [1.807, 2.05) is 19.2 Å². The van der Waals surface area contributed by atoms with E-state index in [4.69, 9.17) is 4.74 Å². The maximum absolute atomic E-state index is 6.24. The Kier molecular flexibility index (Phi) is 4.82. The maximum atomic E-state index is 6.24. The number of para-hydroxylation sites is 1. The molecule has 1 unspecified atom stereocenters. The van der Waals surface area contributed by atoms with Crippen LogP contribution in [0, 0.1) is 5.92 Å². The number of hydrogen-bond acceptors (Lipinski definition) is 2. The predicted octanol–water partition coefficient (Wildman–Crippen LogP) is 3.18. The summed E-state index contributed by atoms with van der Waals surface area (Å²) in [5.41, 5.74) is 1.24. The number of rotatable bonds is 8. The van der Waals surface area contributed by atoms with Crippen LogP contribution < -0.4 is 10.1 Å². The molecule has 0 amide bonds. The van der Waals surface area contributed by atoms with Crippen molar-refractivity contribution in [1.82, 2.24) is 5.32 Å². The van der Waals surface area contributed by atoms with Gasteiger partial charge in [0.15, 0.2) is 0 Å². The van der Waals surface area contributed by atoms with E-state index in [-0.39, 0.29) is 0 Å². The molecular weight excluding hydrogens is 222 g/mol. The molecule has 1 aliphatic carbocycles. The van der Waals surface area contributed by atoms with Crippen molar-refractivity contribution in [3.63, 3.8) is 0 Å². The summed E-state index contributed by atoms with van der Waals surface area (Å²) in [5.74, 6) is 1.79. The summed E-state index contributed by atoms with van der Waals surface area (Å²) in [6.07, 6.45) is 6.89. The van der Waals surface area contributed by atoms with Crippen molar-refractivity contribution >= 4 is 0 Å². The number of allylic oxidation sites excluding steroid dienone is 1. The molecule has 2 heteroatoms. The van der Waals surface area contributed by atoms with Crippen molar-refractivity contribution in [2.75, 3.05) is 13.6 Å². The van der Waals surface area contributed by atoms with Gasteiger partial charge in [0.2, 0.25) is 0 Å². The second kappa shape index (κ2) is 6.60. The number of ether oxygens (including phenoxy) is 1. The molecule has 98 valence electrons. The first-order valence-corrected chi connectivity index (χ1v) is 6.85. The lowest BCUT2D eigenvalue weighted by Gasteiger charge is -2.20. The summed E-state index contributed by atoms with van der Waals surface area (Å²) in [5, 5.41) is 3.21. The van der Waals surface area contributed by atoms with Gasteiger partial charge in [-0.3, -0.25) is 0 Å². The third kappa shape index (κ3) is 3.61. The van der Waals surface area contributed by atoms with Gasteiger partial charge >= 0.3 is 0 Å². The summed E-state index contributed by atoms with van der Waals surface area (Å²) in [6, 6.07) is 8.31. The van der Waals surface area contributed by atoms with Crippen LogP contribution in [0.15, 0.2) is 36.9 Å². The Morgan fingerprint density at radius 2 is 2.22 bits per heavy atom. The Labute approximate surface area is 110 Å². The van der Waals surface area contributed by atoms with E-state index in [1.165, 1.54) is 18.4 Å². The van der Waals surface area contributed by atoms with E-state index in [0.29, 0.717) is 6.10 Å². The number of benzene rings is 1. The van der Waals surface area contributed by atoms with E-state index in [9.17, 15) is 0 Å². The summed E-state index contributed by atoms with van der Waals surface area (Å²) >= 11 is 0. The molecule has 0 spiro atoms. The van der Waals surface area contributed by atoms with Crippen molar-refractivity contribution in [2.24, 2.45) is 5.92 Å². The predicted molar refractivity (Wildman–Crippen MR) is 76.0 cm³/mol. The van der Waals surface area contributed by atoms with Crippen LogP contribution in [-0.4, -0.2) is 19.7 Å². The van der Waals surface area contributed by atoms with E-state index in [0.717, 1.165) is 31.1 Å². The molecule has 1 aromatic rings. The van der Waals surface area contributed by atoms with Crippen molar-refractivity contribution in [2.45, 2.75) is 31.8 Å². The molecule has 1 saturated carbocycles. The Morgan fingerprint density at radius 3 is 2.89 bits per heavy atom. The topological polar surface area (TPSA) is 21.3 Å². The molecule has 0 saturated heterocycles. The Hall–Kier alpha value is -1.28. The highest BCUT2D eigenvalue weighted by Gasteiger charge is 2.32. The summed E-state index contributed by atoms with van der Waals surface area (Å²) in [6.45, 7) is 4.83. The van der Waals surface area contributed by atoms with Gasteiger partial charge in [-0.2, -0.15) is 0 Å². The van der Waals surface area contributed by atoms with Crippen LogP contribution in [0.1, 0.15) is 24.8 Å². The van der Waals surface area contributed by atoms with Crippen LogP contribution in [-0.2, 0) is 6.42 Å². The van der Waals surface area contributed by atoms with E-state index in [1.54, 1.807) is 0 Å². The SMILES string of the molecule is C=CCc1ccccc1OC(CCNC)C1CC1. The van der Waals surface area contributed by atoms with Crippen LogP contribution in [0.2, 0.25) is 0 Å². The standard InChI is InChI=1S/C16H23NO/c1-3-6-13-7-4-5-8-15(13)18-16(11-12-17-2)14-9-10-14/h3-5,7-8,14,16-17H,1,6,9-12H2,2H3. The van der Waals surface area contributed by atoms with Crippen LogP contribution in [0.5, 0.6) is 5.75 Å². The third-order valence-corrected chi connectivity index (χ3v) is 3.44. The fourth-order valence-corrected chi connectivity index (χ4v) is 2.25. The van der Waals surface area contributed by atoms with Crippen LogP contribution in [0.3, 0.4) is 0 Å². The Morgan fingerprint density at radius 1 is 1.44 bits per heavy atom. The molecule has 0 aromatic heterocycles. The lowest BCUT2D eigenvalue weighted by atomic mass is 10.1. The zero-order valence-corrected chi connectivity index (χ0v) is 11.2. The van der Waals surface area contributed by atoms with Gasteiger partial charge in [-0.1, -0.05) is 24.3 Å². The molecule has 1 N–H and O–H groups in total. The van der Waals surface area contributed by atoms with Gasteiger partial charge in [0, 0.05) is 0 Å². The maximum Gasteiger partial charge on any atom is 0.123 e. The van der Waals surface area contributed by atoms with Crippen LogP contribution >= 0.6 is 0 Å². The van der Waals surface area contributed by atoms with Crippen LogP contribution in [0.4, 0.5) is 0 Å². The second-order valence-corrected chi connectivity index (χ2v) is 4.99. The van der Waals surface area contributed by atoms with Gasteiger partial charge < -0.3 is 10.1 Å². The first kappa shape index (κ1) is 13.2. The molecule has 1 aromatic carbocycles. The molecule has 18 heavy (non-hydrogen) atoms. The minimum atomic E-state index is 0.364. The van der Waals surface area contributed by atoms with Gasteiger partial charge in [0.05, 0.1) is 0 Å². The Balaban J connectivity index is 2.03. The highest BCUT2D eigenvalue weighted by Crippen LogP contribution is 2.37. The molecule has 0 radical (unpaired) electrons. The largest absolute Gasteiger partial charge is 0.490 e. The molecule has 2 nitrogen and oxygen atoms in total. The molecule has 1 fully saturated rings. The quantitative estimate of drug-likeness (QED) is 0.710. The Bertz CT molecular complexity index is 384. The number of nitrogens with one attached hydrogen (secondary N) is 1. The summed E-state index contributed by atoms with van der Waals surface area (Å²) in [7, 11) is 2.00. The molecule has 0 aliphatic heterocycles. The van der Waals surface area contributed by atoms with Gasteiger partial charge in [-0.25, -0.2) is 0 Å². The fourth-order valence-electron chi connectivity index (χ4n) is 2.25. The van der Waals surface area contributed by atoms with Gasteiger partial charge in [-0.15, -0.1) is 6.58 Å². The van der Waals surface area contributed by atoms with Gasteiger partial charge in [-0.05, 0) is 56.8 Å². The summed E-state index contributed by atoms with van der Waals surface area (Å²) in [4.78, 5) is 0. The molecule has 1 aliphatic rings. The van der Waals surface area contributed by atoms with Gasteiger partial charge in [0.25, 0.3) is 0 Å². The molecule has 0 bridgehead atoms. The first-order valence-electron chi connectivity index (χ1n) is 6.85. The van der Waals surface area contributed by atoms with Crippen LogP contribution in [0.25, 0.3) is 0 Å². The van der Waals surface area contributed by atoms with Crippen molar-refractivity contribution in [3.8, 4) is 5.75 Å². The summed E-state index contributed by atoms with van der Waals surface area (Å²) < 4.78 is 6.24. The minimum Gasteiger partial charge on any atom is -0.490 e. The average Bonchev–Trinajstić information content (AvgIpc) is 3.21. The minimum absolute atomic E-state index is 0.364. The van der Waals surface area contributed by atoms with Crippen molar-refractivity contribution in [1.29, 1.82) is 0 Å². The number of hydrogen-bond donors (Lipinski definition) is 1. The zero-order valence-electron chi connectivity index (χ0n) is 11.2. The van der Waals surface area contributed by atoms with E-state index >= 15 is 0 Å². The normalized spacial score (nSPS) is 16.3. The monoisotopic (exact) mass is 245 g/mol. The van der Waals surface area contributed by atoms with Gasteiger partial charge in [0.1, 0.15) is 11.9 Å². The fraction of sp³-hybridized carbons (Fsp3) is 0.500. The van der Waals surface area contributed by atoms with Crippen molar-refractivity contribution < 1.29 is 4.74 Å². The molecule has 2 rings (SSSR count). The first-order chi connectivity index (χ1) is 8.85. The second-order valence-electron chi connectivity index (χ2n) is 4.99. The lowest BCUT2D eigenvalue weighted by molar-refractivity contribution is 0.167. The van der Waals surface area contributed by atoms with Crippen molar-refractivity contribution in [3.05, 3.63) is 42.5 Å².